The second kappa shape index (κ2) is 40.2. The second-order valence-corrected chi connectivity index (χ2v) is 34.1. The van der Waals surface area contributed by atoms with Crippen molar-refractivity contribution in [2.24, 2.45) is 10.8 Å². The van der Waals surface area contributed by atoms with Crippen LogP contribution in [0.2, 0.25) is 0 Å². The summed E-state index contributed by atoms with van der Waals surface area (Å²) in [4.78, 5) is 112. The molecule has 7 aromatic heterocycles. The number of carbonyl (C=O) groups is 6. The van der Waals surface area contributed by atoms with Crippen LogP contribution < -0.4 is 16.0 Å². The Labute approximate surface area is 761 Å². The van der Waals surface area contributed by atoms with Gasteiger partial charge in [-0.2, -0.15) is 28.5 Å². The third-order valence-corrected chi connectivity index (χ3v) is 25.5. The van der Waals surface area contributed by atoms with E-state index in [0.717, 1.165) is 72.5 Å². The molecule has 6 aliphatic heterocycles. The lowest BCUT2D eigenvalue weighted by atomic mass is 9.86. The number of likely N-dealkylation sites (tertiary alicyclic amines) is 3. The van der Waals surface area contributed by atoms with E-state index in [1.807, 2.05) is 92.4 Å². The van der Waals surface area contributed by atoms with Gasteiger partial charge in [0.25, 0.3) is 5.91 Å². The first-order chi connectivity index (χ1) is 64.6. The van der Waals surface area contributed by atoms with Crippen molar-refractivity contribution in [2.75, 3.05) is 149 Å². The van der Waals surface area contributed by atoms with Gasteiger partial charge < -0.3 is 44.9 Å². The minimum Gasteiger partial charge on any atom is -0.384 e. The highest BCUT2D eigenvalue weighted by atomic mass is 19.1. The molecule has 0 saturated carbocycles. The molecule has 0 unspecified atom stereocenters. The van der Waals surface area contributed by atoms with Crippen LogP contribution >= 0.6 is 0 Å². The highest BCUT2D eigenvalue weighted by Gasteiger charge is 2.49. The van der Waals surface area contributed by atoms with Crippen molar-refractivity contribution in [3.63, 3.8) is 0 Å². The van der Waals surface area contributed by atoms with Gasteiger partial charge in [-0.3, -0.25) is 58.8 Å². The summed E-state index contributed by atoms with van der Waals surface area (Å²) in [6.07, 6.45) is 17.4. The number of nitrogens with zero attached hydrogens (tertiary/aromatic N) is 14. The van der Waals surface area contributed by atoms with Crippen LogP contribution in [0.3, 0.4) is 0 Å². The molecule has 29 nitrogen and oxygen atoms in total. The van der Waals surface area contributed by atoms with E-state index in [9.17, 15) is 50.7 Å². The van der Waals surface area contributed by atoms with E-state index in [-0.39, 0.29) is 86.5 Å². The smallest absolute Gasteiger partial charge is 0.258 e. The number of H-pyrrole nitrogens is 3. The molecule has 0 spiro atoms. The molecule has 682 valence electrons. The number of ether oxygens (including phenoxy) is 3. The molecule has 34 heteroatoms. The number of benzene rings is 6. The molecule has 6 N–H and O–H groups in total. The van der Waals surface area contributed by atoms with E-state index >= 15 is 0 Å². The molecule has 3 saturated heterocycles. The van der Waals surface area contributed by atoms with Gasteiger partial charge in [0.05, 0.1) is 60.2 Å². The number of nitrogens with one attached hydrogen (secondary N) is 6. The number of anilines is 3. The molecule has 3 atom stereocenters. The third kappa shape index (κ3) is 20.7. The first-order valence-electron chi connectivity index (χ1n) is 43.8. The largest absolute Gasteiger partial charge is 0.384 e. The average Bonchev–Trinajstić information content (AvgIpc) is 1.65. The fourth-order valence-corrected chi connectivity index (χ4v) is 18.2. The molecule has 6 amide bonds. The number of amides is 6. The molecule has 13 aromatic rings. The van der Waals surface area contributed by atoms with E-state index in [1.54, 1.807) is 91.0 Å². The summed E-state index contributed by atoms with van der Waals surface area (Å²) in [6, 6.07) is 48.0. The maximum absolute atomic E-state index is 13.8. The number of rotatable bonds is 24. The van der Waals surface area contributed by atoms with Crippen LogP contribution in [0.1, 0.15) is 55.2 Å². The molecule has 13 heterocycles. The van der Waals surface area contributed by atoms with Gasteiger partial charge in [0.1, 0.15) is 28.7 Å². The van der Waals surface area contributed by atoms with E-state index in [0.29, 0.717) is 161 Å². The standard InChI is InChI=1S/C36H35FN8O3.C32H32F2N6O3.C31H30F2N6O3/c1-48-23-36(35(47)41-28-8-9-30-29(19-28)33(43-42-30)27-7-10-31(37)40-20-27)13-18-44(22-36)21-32(46)45-16-11-25(12-17-45)24-3-5-26(6-4-24)34-38-14-2-15-39-34;1-43-20-32(31(42)36-25-6-7-27-26(16-25)30(38-37-27)23-5-8-28(34)35-17-23)11-14-39(19-32)18-29(41)40-12-9-21(10-13-40)22-3-2-4-24(33)15-22;1-42-31(30(41)35-24-6-7-26-25(16-24)29(37-36-26)22-5-8-27(33)34-17-22)11-14-38(19-31)18-28(40)39-12-9-20(10-13-39)21-3-2-4-23(32)15-21/h2-11,14-15,19-20H,12-13,16-18,21-23H2,1H3,(H,41,47)(H,42,43);2-9,15-17H,10-14,18-20H2,1H3,(H,36,42)(H,37,38);2-9,15-17H,10-14,18-19H2,1H3,(H,35,41)(H,36,37)/t36-;32-;31-/m110/s1. The van der Waals surface area contributed by atoms with E-state index in [2.05, 4.69) is 89.7 Å². The minimum atomic E-state index is -1.11. The summed E-state index contributed by atoms with van der Waals surface area (Å²) < 4.78 is 84.1. The van der Waals surface area contributed by atoms with Gasteiger partial charge in [-0.1, -0.05) is 66.8 Å². The zero-order chi connectivity index (χ0) is 92.3. The Morgan fingerprint density at radius 3 is 1.11 bits per heavy atom. The van der Waals surface area contributed by atoms with Gasteiger partial charge in [-0.15, -0.1) is 0 Å². The Balaban J connectivity index is 0.000000139. The van der Waals surface area contributed by atoms with Gasteiger partial charge in [-0.05, 0) is 206 Å². The summed E-state index contributed by atoms with van der Waals surface area (Å²) in [7, 11) is 4.66. The maximum atomic E-state index is 13.8. The van der Waals surface area contributed by atoms with E-state index in [4.69, 9.17) is 14.2 Å². The van der Waals surface area contributed by atoms with Crippen molar-refractivity contribution in [1.29, 1.82) is 0 Å². The molecule has 0 radical (unpaired) electrons. The molecule has 6 aliphatic rings. The molecule has 3 fully saturated rings. The highest BCUT2D eigenvalue weighted by Crippen LogP contribution is 2.40. The average molecular weight is 1810 g/mol. The summed E-state index contributed by atoms with van der Waals surface area (Å²) >= 11 is 0. The lowest BCUT2D eigenvalue weighted by Gasteiger charge is -2.30. The van der Waals surface area contributed by atoms with Gasteiger partial charge in [0.2, 0.25) is 47.4 Å². The number of carbonyl (C=O) groups excluding carboxylic acids is 6. The third-order valence-electron chi connectivity index (χ3n) is 25.5. The molecule has 19 rings (SSSR count). The number of pyridine rings is 3. The first kappa shape index (κ1) is 90.6. The minimum absolute atomic E-state index is 0.00334. The molecule has 6 aromatic carbocycles. The van der Waals surface area contributed by atoms with E-state index < -0.39 is 34.3 Å². The first-order valence-corrected chi connectivity index (χ1v) is 43.8. The lowest BCUT2D eigenvalue weighted by Crippen LogP contribution is -2.48. The van der Waals surface area contributed by atoms with Gasteiger partial charge in [0, 0.05) is 173 Å². The number of aromatic nitrogens is 11. The summed E-state index contributed by atoms with van der Waals surface area (Å²) in [5.41, 5.74) is 12.1. The van der Waals surface area contributed by atoms with Crippen LogP contribution in [0.5, 0.6) is 0 Å². The van der Waals surface area contributed by atoms with Crippen molar-refractivity contribution < 1.29 is 64.9 Å². The van der Waals surface area contributed by atoms with Gasteiger partial charge in [0.15, 0.2) is 11.4 Å². The molecular formula is C99H97F5N20O9. The maximum Gasteiger partial charge on any atom is 0.258 e. The fourth-order valence-electron chi connectivity index (χ4n) is 18.2. The normalized spacial score (nSPS) is 18.8. The summed E-state index contributed by atoms with van der Waals surface area (Å²) in [5, 5.41) is 33.3. The van der Waals surface area contributed by atoms with Crippen molar-refractivity contribution >= 4 is 102 Å². The topological polar surface area (TPSA) is 336 Å². The van der Waals surface area contributed by atoms with Crippen LogP contribution in [-0.2, 0) is 43.0 Å². The van der Waals surface area contributed by atoms with Crippen LogP contribution in [0.4, 0.5) is 39.0 Å². The highest BCUT2D eigenvalue weighted by molar-refractivity contribution is 6.04. The van der Waals surface area contributed by atoms with Crippen molar-refractivity contribution in [2.45, 2.75) is 44.1 Å². The number of fused-ring (bicyclic) bond motifs is 3. The number of methoxy groups -OCH3 is 3. The Hall–Kier alpha value is -14.3. The zero-order valence-electron chi connectivity index (χ0n) is 73.4. The zero-order valence-corrected chi connectivity index (χ0v) is 73.4. The summed E-state index contributed by atoms with van der Waals surface area (Å²) in [6.45, 7) is 7.09. The van der Waals surface area contributed by atoms with Crippen molar-refractivity contribution in [3.8, 4) is 45.2 Å². The monoisotopic (exact) mass is 1800 g/mol. The van der Waals surface area contributed by atoms with Gasteiger partial charge >= 0.3 is 0 Å². The number of aromatic amines is 3. The quantitative estimate of drug-likeness (QED) is 0.0242. The van der Waals surface area contributed by atoms with Crippen LogP contribution in [0.15, 0.2) is 219 Å². The SMILES string of the molecule is COC[C@@]1(C(=O)Nc2ccc3[nH]nc(-c4ccc(F)nc4)c3c2)CCN(CC(=O)N2CC=C(c3ccc(-c4ncccn4)cc3)CC2)C1.COC[C@@]1(C(=O)Nc2ccc3[nH]nc(-c4ccc(F)nc4)c3c2)CCN(CC(=O)N2CC=C(c3cccc(F)c3)CC2)C1.CO[C@@]1(C(=O)Nc2ccc3[nH]nc(-c4ccc(F)nc4)c3c2)CCN(CC(=O)N2CC=C(c3cccc(F)c3)CC2)C1. The Kier molecular flexibility index (Phi) is 27.4. The second-order valence-electron chi connectivity index (χ2n) is 34.1. The Bertz CT molecular complexity index is 6560. The molecule has 0 bridgehead atoms. The molecular weight excluding hydrogens is 1710 g/mol. The summed E-state index contributed by atoms with van der Waals surface area (Å²) in [5.74, 6) is -2.20. The number of hydrogen-bond acceptors (Lipinski definition) is 20. The number of halogens is 5. The predicted octanol–water partition coefficient (Wildman–Crippen LogP) is 13.6. The predicted molar refractivity (Wildman–Crippen MR) is 493 cm³/mol. The van der Waals surface area contributed by atoms with Crippen molar-refractivity contribution in [3.05, 3.63) is 265 Å². The number of hydrogen-bond donors (Lipinski definition) is 6. The fraction of sp³-hybridized carbons (Fsp3) is 0.293. The van der Waals surface area contributed by atoms with Gasteiger partial charge in [-0.25, -0.2) is 33.7 Å². The molecule has 0 aliphatic carbocycles. The Morgan fingerprint density at radius 1 is 0.383 bits per heavy atom. The lowest BCUT2D eigenvalue weighted by molar-refractivity contribution is -0.138. The van der Waals surface area contributed by atoms with Crippen LogP contribution in [0.25, 0.3) is 94.6 Å². The Morgan fingerprint density at radius 2 is 0.752 bits per heavy atom. The van der Waals surface area contributed by atoms with Crippen molar-refractivity contribution in [1.82, 2.24) is 84.9 Å². The van der Waals surface area contributed by atoms with Crippen LogP contribution in [-0.4, -0.2) is 259 Å². The van der Waals surface area contributed by atoms with Crippen LogP contribution in [0, 0.1) is 40.3 Å². The van der Waals surface area contributed by atoms with E-state index in [1.165, 1.54) is 73.7 Å². The molecule has 133 heavy (non-hydrogen) atoms.